The highest BCUT2D eigenvalue weighted by Crippen LogP contribution is 2.39. The van der Waals surface area contributed by atoms with Crippen molar-refractivity contribution >= 4 is 15.7 Å². The van der Waals surface area contributed by atoms with Crippen LogP contribution in [-0.2, 0) is 16.0 Å². The molecule has 0 unspecified atom stereocenters. The van der Waals surface area contributed by atoms with Crippen molar-refractivity contribution in [1.82, 2.24) is 4.90 Å². The summed E-state index contributed by atoms with van der Waals surface area (Å²) < 4.78 is 106. The van der Waals surface area contributed by atoms with Gasteiger partial charge in [0.2, 0.25) is 0 Å². The number of hydrogen-bond acceptors (Lipinski definition) is 4. The molecule has 1 amide bonds. The Bertz CT molecular complexity index is 1180. The van der Waals surface area contributed by atoms with Gasteiger partial charge in [-0.05, 0) is 69.0 Å². The molecule has 0 aliphatic carbocycles. The van der Waals surface area contributed by atoms with Crippen LogP contribution in [0.1, 0.15) is 42.6 Å². The quantitative estimate of drug-likeness (QED) is 0.471. The first-order valence-electron chi connectivity index (χ1n) is 10.6. The fourth-order valence-corrected chi connectivity index (χ4v) is 5.97. The number of rotatable bonds is 5. The van der Waals surface area contributed by atoms with Crippen molar-refractivity contribution in [1.29, 1.82) is 0 Å². The number of benzene rings is 2. The van der Waals surface area contributed by atoms with E-state index in [4.69, 9.17) is 0 Å². The summed E-state index contributed by atoms with van der Waals surface area (Å²) in [6.07, 6.45) is -9.11. The topological polar surface area (TPSA) is 63.7 Å². The second-order valence-electron chi connectivity index (χ2n) is 8.77. The minimum Gasteiger partial charge on any atom is -0.406 e. The van der Waals surface area contributed by atoms with Gasteiger partial charge in [0.1, 0.15) is 5.75 Å². The zero-order valence-corrected chi connectivity index (χ0v) is 19.6. The van der Waals surface area contributed by atoms with E-state index in [9.17, 15) is 39.6 Å². The molecule has 0 N–H and O–H groups in total. The molecule has 1 saturated heterocycles. The van der Waals surface area contributed by atoms with Gasteiger partial charge in [-0.25, -0.2) is 8.42 Å². The SMILES string of the molecule is CC(C)(C1CCN(C(=O)c2cccc(OC(F)(F)F)c2)CC1)S(=O)(=O)c1cccc(C(F)(F)F)c1. The van der Waals surface area contributed by atoms with Crippen LogP contribution in [0.4, 0.5) is 26.3 Å². The summed E-state index contributed by atoms with van der Waals surface area (Å²) in [5, 5.41) is 0. The van der Waals surface area contributed by atoms with Crippen molar-refractivity contribution in [2.45, 2.75) is 48.9 Å². The summed E-state index contributed by atoms with van der Waals surface area (Å²) in [5.41, 5.74) is -1.08. The Morgan fingerprint density at radius 1 is 0.943 bits per heavy atom. The second-order valence-corrected chi connectivity index (χ2v) is 11.3. The minimum absolute atomic E-state index is 0.0129. The van der Waals surface area contributed by atoms with Crippen LogP contribution < -0.4 is 4.74 Å². The number of likely N-dealkylation sites (tertiary alicyclic amines) is 1. The predicted molar refractivity (Wildman–Crippen MR) is 114 cm³/mol. The Hall–Kier alpha value is -2.76. The van der Waals surface area contributed by atoms with E-state index in [1.165, 1.54) is 30.9 Å². The lowest BCUT2D eigenvalue weighted by Crippen LogP contribution is -2.47. The lowest BCUT2D eigenvalue weighted by atomic mass is 9.85. The van der Waals surface area contributed by atoms with Gasteiger partial charge in [-0.1, -0.05) is 12.1 Å². The number of piperidine rings is 1. The van der Waals surface area contributed by atoms with Crippen LogP contribution in [0.25, 0.3) is 0 Å². The third kappa shape index (κ3) is 5.91. The van der Waals surface area contributed by atoms with Gasteiger partial charge < -0.3 is 9.64 Å². The Morgan fingerprint density at radius 3 is 2.11 bits per heavy atom. The zero-order chi connectivity index (χ0) is 26.2. The minimum atomic E-state index is -4.91. The van der Waals surface area contributed by atoms with E-state index < -0.39 is 55.2 Å². The third-order valence-electron chi connectivity index (χ3n) is 6.24. The third-order valence-corrected chi connectivity index (χ3v) is 8.84. The molecule has 35 heavy (non-hydrogen) atoms. The van der Waals surface area contributed by atoms with Crippen molar-refractivity contribution < 1.29 is 44.3 Å². The van der Waals surface area contributed by atoms with Crippen LogP contribution in [-0.4, -0.2) is 43.4 Å². The van der Waals surface area contributed by atoms with E-state index >= 15 is 0 Å². The van der Waals surface area contributed by atoms with Crippen LogP contribution in [0.15, 0.2) is 53.4 Å². The fraction of sp³-hybridized carbons (Fsp3) is 0.435. The van der Waals surface area contributed by atoms with E-state index in [2.05, 4.69) is 4.74 Å². The van der Waals surface area contributed by atoms with E-state index in [0.29, 0.717) is 6.07 Å². The first kappa shape index (κ1) is 26.8. The number of amides is 1. The van der Waals surface area contributed by atoms with Crippen LogP contribution in [0, 0.1) is 5.92 Å². The number of sulfone groups is 1. The van der Waals surface area contributed by atoms with E-state index in [1.807, 2.05) is 0 Å². The smallest absolute Gasteiger partial charge is 0.406 e. The monoisotopic (exact) mass is 523 g/mol. The molecule has 12 heteroatoms. The van der Waals surface area contributed by atoms with Gasteiger partial charge in [0.25, 0.3) is 5.91 Å². The maximum absolute atomic E-state index is 13.3. The number of alkyl halides is 6. The number of hydrogen-bond donors (Lipinski definition) is 0. The van der Waals surface area contributed by atoms with Gasteiger partial charge in [-0.2, -0.15) is 13.2 Å². The summed E-state index contributed by atoms with van der Waals surface area (Å²) in [6.45, 7) is 3.16. The predicted octanol–water partition coefficient (Wildman–Crippen LogP) is 5.71. The van der Waals surface area contributed by atoms with Gasteiger partial charge in [0, 0.05) is 18.7 Å². The first-order chi connectivity index (χ1) is 16.0. The van der Waals surface area contributed by atoms with E-state index in [0.717, 1.165) is 30.3 Å². The molecule has 1 fully saturated rings. The Kier molecular flexibility index (Phi) is 7.18. The molecule has 1 aliphatic rings. The molecule has 2 aromatic carbocycles. The number of carbonyl (C=O) groups excluding carboxylic acids is 1. The Labute approximate surface area is 198 Å². The normalized spacial score (nSPS) is 16.3. The summed E-state index contributed by atoms with van der Waals surface area (Å²) in [5.74, 6) is -1.54. The summed E-state index contributed by atoms with van der Waals surface area (Å²) in [7, 11) is -4.16. The summed E-state index contributed by atoms with van der Waals surface area (Å²) >= 11 is 0. The highest BCUT2D eigenvalue weighted by atomic mass is 32.2. The summed E-state index contributed by atoms with van der Waals surface area (Å²) in [4.78, 5) is 13.8. The second kappa shape index (κ2) is 9.36. The molecule has 0 radical (unpaired) electrons. The number of ether oxygens (including phenoxy) is 1. The van der Waals surface area contributed by atoms with Crippen LogP contribution in [0.3, 0.4) is 0 Å². The molecule has 0 atom stereocenters. The molecule has 0 spiro atoms. The highest BCUT2D eigenvalue weighted by Gasteiger charge is 2.45. The molecular weight excluding hydrogens is 500 g/mol. The summed E-state index contributed by atoms with van der Waals surface area (Å²) in [6, 6.07) is 8.23. The highest BCUT2D eigenvalue weighted by molar-refractivity contribution is 7.92. The average Bonchev–Trinajstić information content (AvgIpc) is 2.77. The van der Waals surface area contributed by atoms with E-state index in [-0.39, 0.29) is 31.5 Å². The van der Waals surface area contributed by atoms with Gasteiger partial charge in [-0.15, -0.1) is 13.2 Å². The lowest BCUT2D eigenvalue weighted by molar-refractivity contribution is -0.274. The lowest BCUT2D eigenvalue weighted by Gasteiger charge is -2.40. The zero-order valence-electron chi connectivity index (χ0n) is 18.8. The van der Waals surface area contributed by atoms with Gasteiger partial charge in [0.15, 0.2) is 9.84 Å². The Morgan fingerprint density at radius 2 is 1.54 bits per heavy atom. The molecule has 3 rings (SSSR count). The largest absolute Gasteiger partial charge is 0.573 e. The molecule has 2 aromatic rings. The standard InChI is InChI=1S/C23H23F6NO4S/c1-21(2,35(32,33)19-8-4-6-17(14-19)22(24,25)26)16-9-11-30(12-10-16)20(31)15-5-3-7-18(13-15)34-23(27,28)29/h3-8,13-14,16H,9-12H2,1-2H3. The number of halogens is 6. The maximum Gasteiger partial charge on any atom is 0.573 e. The van der Waals surface area contributed by atoms with Crippen LogP contribution in [0.2, 0.25) is 0 Å². The molecule has 1 aliphatic heterocycles. The molecular formula is C23H23F6NO4S. The van der Waals surface area contributed by atoms with Crippen molar-refractivity contribution in [3.05, 3.63) is 59.7 Å². The Balaban J connectivity index is 1.73. The van der Waals surface area contributed by atoms with Gasteiger partial charge >= 0.3 is 12.5 Å². The molecule has 1 heterocycles. The molecule has 0 aromatic heterocycles. The number of nitrogens with zero attached hydrogens (tertiary/aromatic N) is 1. The van der Waals surface area contributed by atoms with Crippen molar-refractivity contribution in [3.63, 3.8) is 0 Å². The van der Waals surface area contributed by atoms with Crippen LogP contribution >= 0.6 is 0 Å². The molecule has 0 saturated carbocycles. The average molecular weight is 523 g/mol. The van der Waals surface area contributed by atoms with Crippen LogP contribution in [0.5, 0.6) is 5.75 Å². The van der Waals surface area contributed by atoms with E-state index in [1.54, 1.807) is 0 Å². The molecule has 5 nitrogen and oxygen atoms in total. The van der Waals surface area contributed by atoms with Crippen molar-refractivity contribution in [2.24, 2.45) is 5.92 Å². The van der Waals surface area contributed by atoms with Crippen molar-refractivity contribution in [2.75, 3.05) is 13.1 Å². The maximum atomic E-state index is 13.3. The molecule has 0 bridgehead atoms. The van der Waals surface area contributed by atoms with Gasteiger partial charge in [0.05, 0.1) is 15.2 Å². The molecule has 192 valence electrons. The number of carbonyl (C=O) groups is 1. The van der Waals surface area contributed by atoms with Crippen molar-refractivity contribution in [3.8, 4) is 5.75 Å². The fourth-order valence-electron chi connectivity index (χ4n) is 4.15. The van der Waals surface area contributed by atoms with Gasteiger partial charge in [-0.3, -0.25) is 4.79 Å². The first-order valence-corrected chi connectivity index (χ1v) is 12.1.